The molecule has 4 heteroatoms. The lowest BCUT2D eigenvalue weighted by Crippen LogP contribution is -2.54. The van der Waals surface area contributed by atoms with Crippen LogP contribution in [-0.2, 0) is 6.42 Å². The topological polar surface area (TPSA) is 28.3 Å². The van der Waals surface area contributed by atoms with E-state index in [1.807, 2.05) is 13.0 Å². The Balaban J connectivity index is 1.92. The first-order chi connectivity index (χ1) is 19.0. The van der Waals surface area contributed by atoms with E-state index in [4.69, 9.17) is 4.99 Å². The number of nitrogens with zero attached hydrogens (tertiary/aromatic N) is 2. The normalized spacial score (nSPS) is 21.2. The number of likely N-dealkylation sites (N-methyl/N-ethyl adjacent to an activating group) is 1. The molecular formula is C36H52N3Si+. The Hall–Kier alpha value is -2.56. The number of rotatable bonds is 11. The summed E-state index contributed by atoms with van der Waals surface area (Å²) in [6.07, 6.45) is 17.6. The fourth-order valence-corrected chi connectivity index (χ4v) is 8.67. The maximum atomic E-state index is 5.00. The summed E-state index contributed by atoms with van der Waals surface area (Å²) in [7, 11) is 0.456. The number of allylic oxidation sites excluding steroid dienone is 3. The van der Waals surface area contributed by atoms with Gasteiger partial charge in [-0.1, -0.05) is 88.8 Å². The van der Waals surface area contributed by atoms with Crippen LogP contribution in [0.5, 0.6) is 0 Å². The Kier molecular flexibility index (Phi) is 9.52. The second-order valence-electron chi connectivity index (χ2n) is 13.4. The summed E-state index contributed by atoms with van der Waals surface area (Å²) in [6.45, 7) is 22.5. The van der Waals surface area contributed by atoms with Crippen molar-refractivity contribution in [2.75, 3.05) is 7.05 Å². The summed E-state index contributed by atoms with van der Waals surface area (Å²) >= 11 is 0. The molecular weight excluding hydrogens is 503 g/mol. The molecule has 0 amide bonds. The van der Waals surface area contributed by atoms with Gasteiger partial charge in [-0.05, 0) is 76.3 Å². The Morgan fingerprint density at radius 1 is 1.20 bits per heavy atom. The van der Waals surface area contributed by atoms with Crippen LogP contribution in [0.25, 0.3) is 11.3 Å². The zero-order valence-corrected chi connectivity index (χ0v) is 27.2. The molecule has 3 nitrogen and oxygen atoms in total. The van der Waals surface area contributed by atoms with Crippen molar-refractivity contribution in [3.8, 4) is 11.3 Å². The molecule has 0 radical (unpaired) electrons. The molecule has 3 atom stereocenters. The monoisotopic (exact) mass is 554 g/mol. The fourth-order valence-electron chi connectivity index (χ4n) is 7.00. The largest absolute Gasteiger partial charge is 0.311 e. The van der Waals surface area contributed by atoms with Crippen LogP contribution in [0.1, 0.15) is 82.4 Å². The van der Waals surface area contributed by atoms with Gasteiger partial charge in [0.1, 0.15) is 5.70 Å². The van der Waals surface area contributed by atoms with E-state index in [9.17, 15) is 0 Å². The van der Waals surface area contributed by atoms with Crippen molar-refractivity contribution >= 4 is 19.0 Å². The molecule has 0 bridgehead atoms. The second kappa shape index (κ2) is 12.5. The molecule has 1 fully saturated rings. The number of nitrogens with one attached hydrogen (secondary N) is 1. The minimum absolute atomic E-state index is 0.0575. The summed E-state index contributed by atoms with van der Waals surface area (Å²) in [4.78, 5) is 5.00. The molecule has 1 aliphatic carbocycles. The molecule has 3 unspecified atom stereocenters. The maximum Gasteiger partial charge on any atom is 0.213 e. The Morgan fingerprint density at radius 3 is 2.52 bits per heavy atom. The summed E-state index contributed by atoms with van der Waals surface area (Å²) in [5, 5.41) is 5.16. The highest BCUT2D eigenvalue weighted by atomic mass is 28.3. The van der Waals surface area contributed by atoms with Crippen LogP contribution in [-0.4, -0.2) is 26.4 Å². The first-order valence-electron chi connectivity index (χ1n) is 15.4. The number of aliphatic imine (C=N–C) groups is 1. The van der Waals surface area contributed by atoms with Crippen LogP contribution in [0.2, 0.25) is 19.6 Å². The van der Waals surface area contributed by atoms with Crippen LogP contribution < -0.4 is 15.1 Å². The van der Waals surface area contributed by atoms with Gasteiger partial charge in [0.15, 0.2) is 6.20 Å². The third-order valence-corrected chi connectivity index (χ3v) is 11.4. The zero-order valence-electron chi connectivity index (χ0n) is 26.2. The van der Waals surface area contributed by atoms with Gasteiger partial charge < -0.3 is 5.32 Å². The molecule has 1 aromatic carbocycles. The van der Waals surface area contributed by atoms with E-state index < -0.39 is 8.07 Å². The quantitative estimate of drug-likeness (QED) is 0.129. The number of benzene rings is 1. The van der Waals surface area contributed by atoms with E-state index in [-0.39, 0.29) is 17.5 Å². The molecule has 1 aliphatic heterocycles. The highest BCUT2D eigenvalue weighted by Gasteiger charge is 2.44. The van der Waals surface area contributed by atoms with Crippen molar-refractivity contribution < 1.29 is 4.57 Å². The van der Waals surface area contributed by atoms with E-state index in [0.29, 0.717) is 0 Å². The molecule has 2 aliphatic rings. The van der Waals surface area contributed by atoms with E-state index in [2.05, 4.69) is 112 Å². The minimum atomic E-state index is -1.61. The first-order valence-corrected chi connectivity index (χ1v) is 18.9. The van der Waals surface area contributed by atoms with Crippen LogP contribution in [0.3, 0.4) is 0 Å². The van der Waals surface area contributed by atoms with Gasteiger partial charge in [-0.2, -0.15) is 4.57 Å². The molecule has 2 aromatic rings. The average Bonchev–Trinajstić information content (AvgIpc) is 3.43. The molecule has 214 valence electrons. The van der Waals surface area contributed by atoms with Crippen molar-refractivity contribution in [3.63, 3.8) is 0 Å². The van der Waals surface area contributed by atoms with Gasteiger partial charge in [-0.25, -0.2) is 0 Å². The fraction of sp³-hybridized carbons (Fsp3) is 0.500. The molecule has 1 saturated carbocycles. The number of pyridine rings is 1. The van der Waals surface area contributed by atoms with Crippen LogP contribution in [0.4, 0.5) is 0 Å². The predicted molar refractivity (Wildman–Crippen MR) is 176 cm³/mol. The average molecular weight is 555 g/mol. The van der Waals surface area contributed by atoms with Crippen LogP contribution >= 0.6 is 0 Å². The summed E-state index contributed by atoms with van der Waals surface area (Å²) in [6, 6.07) is 11.7. The lowest BCUT2D eigenvalue weighted by molar-refractivity contribution is -0.708. The number of hydrogen-bond acceptors (Lipinski definition) is 2. The smallest absolute Gasteiger partial charge is 0.213 e. The molecule has 0 spiro atoms. The second-order valence-corrected chi connectivity index (χ2v) is 18.4. The minimum Gasteiger partial charge on any atom is -0.311 e. The Bertz CT molecular complexity index is 1290. The molecule has 2 heterocycles. The summed E-state index contributed by atoms with van der Waals surface area (Å²) in [5.74, 6) is 1.09. The van der Waals surface area contributed by atoms with Crippen molar-refractivity contribution in [1.82, 2.24) is 5.32 Å². The van der Waals surface area contributed by atoms with Gasteiger partial charge in [0.25, 0.3) is 0 Å². The molecule has 40 heavy (non-hydrogen) atoms. The van der Waals surface area contributed by atoms with Gasteiger partial charge in [0, 0.05) is 28.1 Å². The van der Waals surface area contributed by atoms with Gasteiger partial charge in [0.2, 0.25) is 11.7 Å². The van der Waals surface area contributed by atoms with E-state index >= 15 is 0 Å². The Morgan fingerprint density at radius 2 is 1.90 bits per heavy atom. The van der Waals surface area contributed by atoms with Crippen molar-refractivity contribution in [3.05, 3.63) is 84.7 Å². The number of aromatic nitrogens is 1. The highest BCUT2D eigenvalue weighted by molar-refractivity contribution is 6.89. The predicted octanol–water partition coefficient (Wildman–Crippen LogP) is 8.05. The lowest BCUT2D eigenvalue weighted by atomic mass is 9.77. The molecule has 1 N–H and O–H groups in total. The third kappa shape index (κ3) is 6.50. The number of fused-ring (bicyclic) bond motifs is 3. The van der Waals surface area contributed by atoms with E-state index in [1.165, 1.54) is 48.9 Å². The third-order valence-electron chi connectivity index (χ3n) is 9.35. The maximum absolute atomic E-state index is 5.00. The lowest BCUT2D eigenvalue weighted by Gasteiger charge is -2.35. The standard InChI is InChI=1S/C36H52N3Si/c1-10-21-36(5,37-6)22-20-32-30-18-14-15-19-31(30)33-24-29(23-28-16-12-13-17-28)34(40(7,8)9)25-39(33)35(32)27(4)38-26(3)11-2/h10-11,14-15,18-19,21,24-25,28,32,35,37H,2,4,12-13,16-17,20,22-23H2,1,3,5-9H3/q+1/b21-10-,38-26+. The van der Waals surface area contributed by atoms with Gasteiger partial charge >= 0.3 is 0 Å². The Labute approximate surface area is 245 Å². The molecule has 1 aromatic heterocycles. The molecule has 4 rings (SSSR count). The van der Waals surface area contributed by atoms with Gasteiger partial charge in [0.05, 0.1) is 14.0 Å². The van der Waals surface area contributed by atoms with Crippen molar-refractivity contribution in [1.29, 1.82) is 0 Å². The van der Waals surface area contributed by atoms with Gasteiger partial charge in [-0.3, -0.25) is 4.99 Å². The van der Waals surface area contributed by atoms with Crippen LogP contribution in [0, 0.1) is 5.92 Å². The number of hydrogen-bond donors (Lipinski definition) is 1. The zero-order chi connectivity index (χ0) is 29.1. The highest BCUT2D eigenvalue weighted by Crippen LogP contribution is 2.44. The SMILES string of the molecule is C=C/C(C)=N/C(=C)C1C(CCC(C)(/C=C\C)NC)c2ccccc2-c2cc(CC3CCCC3)c([Si](C)(C)C)c[n+]21. The summed E-state index contributed by atoms with van der Waals surface area (Å²) < 4.78 is 2.56. The van der Waals surface area contributed by atoms with E-state index in [0.717, 1.165) is 30.2 Å². The van der Waals surface area contributed by atoms with Crippen LogP contribution in [0.15, 0.2) is 78.6 Å². The first kappa shape index (κ1) is 30.4. The van der Waals surface area contributed by atoms with Crippen molar-refractivity contribution in [2.45, 2.75) is 103 Å². The summed E-state index contributed by atoms with van der Waals surface area (Å²) in [5.41, 5.74) is 7.47. The molecule has 0 saturated heterocycles. The van der Waals surface area contributed by atoms with E-state index in [1.54, 1.807) is 10.8 Å². The van der Waals surface area contributed by atoms with Crippen molar-refractivity contribution in [2.24, 2.45) is 10.9 Å². The van der Waals surface area contributed by atoms with Gasteiger partial charge in [-0.15, -0.1) is 0 Å².